The number of primary amides is 1. The molecule has 0 saturated carbocycles. The zero-order valence-corrected chi connectivity index (χ0v) is 6.78. The van der Waals surface area contributed by atoms with E-state index in [-0.39, 0.29) is 12.1 Å². The fourth-order valence-corrected chi connectivity index (χ4v) is 0.982. The minimum atomic E-state index is -0.508. The predicted octanol–water partition coefficient (Wildman–Crippen LogP) is -0.358. The molecule has 64 valence electrons. The van der Waals surface area contributed by atoms with E-state index in [1.165, 1.54) is 10.6 Å². The molecule has 0 aromatic carbocycles. The Labute approximate surface area is 69.6 Å². The van der Waals surface area contributed by atoms with Gasteiger partial charge in [-0.1, -0.05) is 6.07 Å². The fraction of sp³-hybridized carbons (Fsp3) is 0.250. The Morgan fingerprint density at radius 3 is 2.75 bits per heavy atom. The van der Waals surface area contributed by atoms with Gasteiger partial charge in [-0.25, -0.2) is 0 Å². The smallest absolute Gasteiger partial charge is 0.251 e. The standard InChI is InChI=1S/C8H10N2O2/c1-6-3-2-4-8(12)10(6)5-7(9)11/h2-4H,5H2,1H3,(H2,9,11). The molecule has 1 aromatic heterocycles. The van der Waals surface area contributed by atoms with E-state index in [1.807, 2.05) is 0 Å². The Balaban J connectivity index is 3.13. The summed E-state index contributed by atoms with van der Waals surface area (Å²) in [7, 11) is 0. The van der Waals surface area contributed by atoms with Gasteiger partial charge in [-0.2, -0.15) is 0 Å². The van der Waals surface area contributed by atoms with Crippen LogP contribution < -0.4 is 11.3 Å². The molecule has 4 heteroatoms. The van der Waals surface area contributed by atoms with Gasteiger partial charge in [0.2, 0.25) is 5.91 Å². The van der Waals surface area contributed by atoms with Crippen molar-refractivity contribution in [2.45, 2.75) is 13.5 Å². The van der Waals surface area contributed by atoms with Gasteiger partial charge in [0, 0.05) is 11.8 Å². The summed E-state index contributed by atoms with van der Waals surface area (Å²) < 4.78 is 1.34. The van der Waals surface area contributed by atoms with Gasteiger partial charge in [-0.3, -0.25) is 9.59 Å². The topological polar surface area (TPSA) is 65.1 Å². The van der Waals surface area contributed by atoms with Crippen molar-refractivity contribution in [2.75, 3.05) is 0 Å². The van der Waals surface area contributed by atoms with E-state index in [1.54, 1.807) is 19.1 Å². The summed E-state index contributed by atoms with van der Waals surface area (Å²) in [5, 5.41) is 0. The number of carbonyl (C=O) groups excluding carboxylic acids is 1. The van der Waals surface area contributed by atoms with Crippen molar-refractivity contribution in [1.82, 2.24) is 4.57 Å². The maximum absolute atomic E-state index is 11.1. The summed E-state index contributed by atoms with van der Waals surface area (Å²) in [6, 6.07) is 4.80. The molecule has 0 fully saturated rings. The number of nitrogens with zero attached hydrogens (tertiary/aromatic N) is 1. The highest BCUT2D eigenvalue weighted by atomic mass is 16.2. The lowest BCUT2D eigenvalue weighted by molar-refractivity contribution is -0.118. The van der Waals surface area contributed by atoms with Crippen LogP contribution in [0, 0.1) is 6.92 Å². The summed E-state index contributed by atoms with van der Waals surface area (Å²) in [6.45, 7) is 1.70. The maximum Gasteiger partial charge on any atom is 0.251 e. The number of rotatable bonds is 2. The predicted molar refractivity (Wildman–Crippen MR) is 44.6 cm³/mol. The Morgan fingerprint density at radius 2 is 2.25 bits per heavy atom. The molecule has 0 unspecified atom stereocenters. The molecule has 0 bridgehead atoms. The van der Waals surface area contributed by atoms with Crippen LogP contribution in [0.3, 0.4) is 0 Å². The van der Waals surface area contributed by atoms with Gasteiger partial charge in [0.1, 0.15) is 6.54 Å². The molecule has 0 atom stereocenters. The molecule has 2 N–H and O–H groups in total. The molecule has 0 radical (unpaired) electrons. The first-order valence-corrected chi connectivity index (χ1v) is 3.56. The highest BCUT2D eigenvalue weighted by Crippen LogP contribution is 1.91. The molecule has 0 aliphatic carbocycles. The van der Waals surface area contributed by atoms with Crippen LogP contribution in [0.2, 0.25) is 0 Å². The Hall–Kier alpha value is -1.58. The van der Waals surface area contributed by atoms with E-state index in [0.717, 1.165) is 5.69 Å². The van der Waals surface area contributed by atoms with Gasteiger partial charge < -0.3 is 10.3 Å². The van der Waals surface area contributed by atoms with E-state index >= 15 is 0 Å². The minimum Gasteiger partial charge on any atom is -0.368 e. The van der Waals surface area contributed by atoms with Gasteiger partial charge in [0.15, 0.2) is 0 Å². The number of hydrogen-bond donors (Lipinski definition) is 1. The van der Waals surface area contributed by atoms with Crippen molar-refractivity contribution in [3.05, 3.63) is 34.2 Å². The number of pyridine rings is 1. The number of nitrogens with two attached hydrogens (primary N) is 1. The molecule has 0 saturated heterocycles. The molecule has 1 rings (SSSR count). The normalized spacial score (nSPS) is 9.75. The zero-order valence-electron chi connectivity index (χ0n) is 6.78. The SMILES string of the molecule is Cc1cccc(=O)n1CC(N)=O. The van der Waals surface area contributed by atoms with Gasteiger partial charge in [0.25, 0.3) is 5.56 Å². The first-order valence-electron chi connectivity index (χ1n) is 3.56. The molecule has 0 spiro atoms. The van der Waals surface area contributed by atoms with E-state index in [0.29, 0.717) is 0 Å². The van der Waals surface area contributed by atoms with Crippen molar-refractivity contribution < 1.29 is 4.79 Å². The second-order valence-electron chi connectivity index (χ2n) is 2.56. The molecule has 1 amide bonds. The van der Waals surface area contributed by atoms with E-state index in [9.17, 15) is 9.59 Å². The number of aryl methyl sites for hydroxylation is 1. The zero-order chi connectivity index (χ0) is 9.14. The largest absolute Gasteiger partial charge is 0.368 e. The van der Waals surface area contributed by atoms with Crippen molar-refractivity contribution in [1.29, 1.82) is 0 Å². The summed E-state index contributed by atoms with van der Waals surface area (Å²) in [6.07, 6.45) is 0. The summed E-state index contributed by atoms with van der Waals surface area (Å²) in [5.41, 5.74) is 5.50. The molecular formula is C8H10N2O2. The van der Waals surface area contributed by atoms with Gasteiger partial charge in [0.05, 0.1) is 0 Å². The number of amides is 1. The number of hydrogen-bond acceptors (Lipinski definition) is 2. The van der Waals surface area contributed by atoms with Crippen LogP contribution >= 0.6 is 0 Å². The van der Waals surface area contributed by atoms with Crippen molar-refractivity contribution in [3.63, 3.8) is 0 Å². The Kier molecular flexibility index (Phi) is 2.28. The van der Waals surface area contributed by atoms with Crippen LogP contribution in [-0.4, -0.2) is 10.5 Å². The van der Waals surface area contributed by atoms with Gasteiger partial charge in [-0.15, -0.1) is 0 Å². The summed E-state index contributed by atoms with van der Waals surface area (Å²) >= 11 is 0. The second kappa shape index (κ2) is 3.21. The number of carbonyl (C=O) groups is 1. The third kappa shape index (κ3) is 1.72. The van der Waals surface area contributed by atoms with E-state index in [4.69, 9.17) is 5.73 Å². The average Bonchev–Trinajstić information content (AvgIpc) is 1.97. The molecule has 0 aliphatic rings. The fourth-order valence-electron chi connectivity index (χ4n) is 0.982. The Bertz CT molecular complexity index is 354. The van der Waals surface area contributed by atoms with Crippen LogP contribution in [0.15, 0.2) is 23.0 Å². The van der Waals surface area contributed by atoms with Crippen molar-refractivity contribution >= 4 is 5.91 Å². The highest BCUT2D eigenvalue weighted by molar-refractivity contribution is 5.73. The quantitative estimate of drug-likeness (QED) is 0.652. The summed E-state index contributed by atoms with van der Waals surface area (Å²) in [4.78, 5) is 21.7. The first kappa shape index (κ1) is 8.52. The summed E-state index contributed by atoms with van der Waals surface area (Å²) in [5.74, 6) is -0.508. The maximum atomic E-state index is 11.1. The molecule has 1 heterocycles. The molecule has 4 nitrogen and oxygen atoms in total. The lowest BCUT2D eigenvalue weighted by atomic mass is 10.3. The van der Waals surface area contributed by atoms with Crippen molar-refractivity contribution in [3.8, 4) is 0 Å². The third-order valence-electron chi connectivity index (χ3n) is 1.58. The monoisotopic (exact) mass is 166 g/mol. The average molecular weight is 166 g/mol. The van der Waals surface area contributed by atoms with E-state index < -0.39 is 5.91 Å². The van der Waals surface area contributed by atoms with Crippen LogP contribution in [0.1, 0.15) is 5.69 Å². The lowest BCUT2D eigenvalue weighted by Crippen LogP contribution is -2.28. The van der Waals surface area contributed by atoms with Gasteiger partial charge >= 0.3 is 0 Å². The number of aromatic nitrogens is 1. The van der Waals surface area contributed by atoms with Crippen LogP contribution in [-0.2, 0) is 11.3 Å². The first-order chi connectivity index (χ1) is 5.61. The molecule has 0 aliphatic heterocycles. The van der Waals surface area contributed by atoms with Crippen LogP contribution in [0.25, 0.3) is 0 Å². The molecule has 12 heavy (non-hydrogen) atoms. The third-order valence-corrected chi connectivity index (χ3v) is 1.58. The van der Waals surface area contributed by atoms with Crippen LogP contribution in [0.5, 0.6) is 0 Å². The molecule has 1 aromatic rings. The second-order valence-corrected chi connectivity index (χ2v) is 2.56. The molecular weight excluding hydrogens is 156 g/mol. The minimum absolute atomic E-state index is 0.0501. The van der Waals surface area contributed by atoms with Crippen molar-refractivity contribution in [2.24, 2.45) is 5.73 Å². The lowest BCUT2D eigenvalue weighted by Gasteiger charge is -2.05. The van der Waals surface area contributed by atoms with Crippen LogP contribution in [0.4, 0.5) is 0 Å². The van der Waals surface area contributed by atoms with Gasteiger partial charge in [-0.05, 0) is 13.0 Å². The Morgan fingerprint density at radius 1 is 1.58 bits per heavy atom. The highest BCUT2D eigenvalue weighted by Gasteiger charge is 2.01. The van der Waals surface area contributed by atoms with E-state index in [2.05, 4.69) is 0 Å².